The number of nitrogens with zero attached hydrogens (tertiary/aromatic N) is 3. The average molecular weight is 261 g/mol. The lowest BCUT2D eigenvalue weighted by atomic mass is 10.2. The molecule has 0 aromatic carbocycles. The summed E-state index contributed by atoms with van der Waals surface area (Å²) in [6.45, 7) is 4.25. The van der Waals surface area contributed by atoms with Crippen molar-refractivity contribution in [2.75, 3.05) is 19.3 Å². The highest BCUT2D eigenvalue weighted by atomic mass is 15.1. The number of aromatic amines is 1. The number of fused-ring (bicyclic) bond motifs is 1. The number of nitrogen functional groups attached to an aromatic ring is 1. The predicted molar refractivity (Wildman–Crippen MR) is 78.8 cm³/mol. The normalized spacial score (nSPS) is 11.5. The number of rotatable bonds is 7. The van der Waals surface area contributed by atoms with E-state index in [0.717, 1.165) is 24.1 Å². The summed E-state index contributed by atoms with van der Waals surface area (Å²) >= 11 is 0. The number of unbranched alkanes of at least 4 members (excludes halogenated alkanes) is 3. The van der Waals surface area contributed by atoms with Crippen molar-refractivity contribution in [3.63, 3.8) is 0 Å². The summed E-state index contributed by atoms with van der Waals surface area (Å²) in [4.78, 5) is 13.8. The van der Waals surface area contributed by atoms with Crippen molar-refractivity contribution in [3.8, 4) is 0 Å². The molecule has 0 saturated heterocycles. The number of nitrogens with two attached hydrogens (primary N) is 1. The van der Waals surface area contributed by atoms with E-state index in [4.69, 9.17) is 5.73 Å². The minimum absolute atomic E-state index is 0.516. The molecule has 5 heteroatoms. The minimum Gasteiger partial charge on any atom is -0.382 e. The van der Waals surface area contributed by atoms with Crippen LogP contribution in [0.25, 0.3) is 11.0 Å². The van der Waals surface area contributed by atoms with Gasteiger partial charge in [-0.25, -0.2) is 9.97 Å². The smallest absolute Gasteiger partial charge is 0.151 e. The van der Waals surface area contributed by atoms with Gasteiger partial charge in [-0.2, -0.15) is 0 Å². The van der Waals surface area contributed by atoms with Gasteiger partial charge < -0.3 is 15.6 Å². The molecule has 2 rings (SSSR count). The van der Waals surface area contributed by atoms with Crippen LogP contribution in [0.3, 0.4) is 0 Å². The summed E-state index contributed by atoms with van der Waals surface area (Å²) in [6, 6.07) is 0. The maximum Gasteiger partial charge on any atom is 0.151 e. The van der Waals surface area contributed by atoms with E-state index in [-0.39, 0.29) is 0 Å². The summed E-state index contributed by atoms with van der Waals surface area (Å²) in [7, 11) is 2.15. The van der Waals surface area contributed by atoms with Gasteiger partial charge in [-0.05, 0) is 20.0 Å². The Morgan fingerprint density at radius 3 is 2.89 bits per heavy atom. The maximum atomic E-state index is 5.82. The molecule has 0 aliphatic rings. The van der Waals surface area contributed by atoms with E-state index in [0.29, 0.717) is 5.82 Å². The molecule has 0 saturated carbocycles. The van der Waals surface area contributed by atoms with Gasteiger partial charge in [0, 0.05) is 18.3 Å². The lowest BCUT2D eigenvalue weighted by Gasteiger charge is -2.15. The van der Waals surface area contributed by atoms with E-state index >= 15 is 0 Å². The number of aromatic nitrogens is 3. The molecular weight excluding hydrogens is 238 g/mol. The second-order valence-corrected chi connectivity index (χ2v) is 5.09. The summed E-state index contributed by atoms with van der Waals surface area (Å²) in [5, 5.41) is 0. The molecule has 3 N–H and O–H groups in total. The molecule has 5 nitrogen and oxygen atoms in total. The highest BCUT2D eigenvalue weighted by molar-refractivity contribution is 5.86. The van der Waals surface area contributed by atoms with Crippen molar-refractivity contribution < 1.29 is 0 Å². The third-order valence-corrected chi connectivity index (χ3v) is 3.41. The Bertz CT molecular complexity index is 520. The highest BCUT2D eigenvalue weighted by Crippen LogP contribution is 2.20. The number of H-pyrrole nitrogens is 1. The highest BCUT2D eigenvalue weighted by Gasteiger charge is 2.09. The Labute approximate surface area is 114 Å². The molecule has 0 unspecified atom stereocenters. The first-order chi connectivity index (χ1) is 9.22. The molecule has 0 aliphatic heterocycles. The molecule has 0 amide bonds. The van der Waals surface area contributed by atoms with Crippen LogP contribution in [0.5, 0.6) is 0 Å². The summed E-state index contributed by atoms with van der Waals surface area (Å²) < 4.78 is 0. The van der Waals surface area contributed by atoms with Crippen molar-refractivity contribution in [2.45, 2.75) is 39.2 Å². The quantitative estimate of drug-likeness (QED) is 0.751. The zero-order valence-corrected chi connectivity index (χ0v) is 11.8. The van der Waals surface area contributed by atoms with Gasteiger partial charge >= 0.3 is 0 Å². The SMILES string of the molecule is CCCCCCN(C)Cc1c[nH]c2c(N)ncnc12. The van der Waals surface area contributed by atoms with Crippen molar-refractivity contribution in [3.05, 3.63) is 18.1 Å². The van der Waals surface area contributed by atoms with E-state index < -0.39 is 0 Å². The molecular formula is C14H23N5. The van der Waals surface area contributed by atoms with Crippen LogP contribution in [0, 0.1) is 0 Å². The predicted octanol–water partition coefficient (Wildman–Crippen LogP) is 2.55. The van der Waals surface area contributed by atoms with Gasteiger partial charge in [-0.15, -0.1) is 0 Å². The molecule has 0 fully saturated rings. The zero-order valence-electron chi connectivity index (χ0n) is 11.8. The monoisotopic (exact) mass is 261 g/mol. The molecule has 0 aliphatic carbocycles. The van der Waals surface area contributed by atoms with Crippen LogP contribution in [-0.4, -0.2) is 33.4 Å². The molecule has 19 heavy (non-hydrogen) atoms. The largest absolute Gasteiger partial charge is 0.382 e. The standard InChI is InChI=1S/C14H23N5/c1-3-4-5-6-7-19(2)9-11-8-16-13-12(11)17-10-18-14(13)15/h8,10,16H,3-7,9H2,1-2H3,(H2,15,17,18). The molecule has 2 heterocycles. The minimum atomic E-state index is 0.516. The first-order valence-corrected chi connectivity index (χ1v) is 6.97. The summed E-state index contributed by atoms with van der Waals surface area (Å²) in [5.74, 6) is 0.516. The van der Waals surface area contributed by atoms with Crippen LogP contribution in [0.4, 0.5) is 5.82 Å². The average Bonchev–Trinajstić information content (AvgIpc) is 2.80. The Hall–Kier alpha value is -1.62. The summed E-state index contributed by atoms with van der Waals surface area (Å²) in [6.07, 6.45) is 8.68. The third kappa shape index (κ3) is 3.44. The van der Waals surface area contributed by atoms with Crippen LogP contribution >= 0.6 is 0 Å². The zero-order chi connectivity index (χ0) is 13.7. The van der Waals surface area contributed by atoms with E-state index in [1.165, 1.54) is 37.6 Å². The third-order valence-electron chi connectivity index (χ3n) is 3.41. The van der Waals surface area contributed by atoms with Crippen LogP contribution in [-0.2, 0) is 6.54 Å². The van der Waals surface area contributed by atoms with E-state index in [9.17, 15) is 0 Å². The number of nitrogens with one attached hydrogen (secondary N) is 1. The maximum absolute atomic E-state index is 5.82. The summed E-state index contributed by atoms with van der Waals surface area (Å²) in [5.41, 5.74) is 8.78. The number of hydrogen-bond donors (Lipinski definition) is 2. The Morgan fingerprint density at radius 2 is 2.11 bits per heavy atom. The molecule has 104 valence electrons. The van der Waals surface area contributed by atoms with Crippen molar-refractivity contribution in [1.82, 2.24) is 19.9 Å². The number of hydrogen-bond acceptors (Lipinski definition) is 4. The Balaban J connectivity index is 1.95. The molecule has 0 radical (unpaired) electrons. The first kappa shape index (κ1) is 13.8. The Kier molecular flexibility index (Phi) is 4.74. The molecule has 2 aromatic rings. The van der Waals surface area contributed by atoms with Gasteiger partial charge in [-0.3, -0.25) is 0 Å². The van der Waals surface area contributed by atoms with Crippen LogP contribution in [0.2, 0.25) is 0 Å². The van der Waals surface area contributed by atoms with Crippen LogP contribution in [0.15, 0.2) is 12.5 Å². The molecule has 0 spiro atoms. The fourth-order valence-corrected chi connectivity index (χ4v) is 2.31. The Morgan fingerprint density at radius 1 is 1.26 bits per heavy atom. The van der Waals surface area contributed by atoms with Crippen LogP contribution < -0.4 is 5.73 Å². The van der Waals surface area contributed by atoms with Gasteiger partial charge in [0.05, 0.1) is 5.52 Å². The van der Waals surface area contributed by atoms with Gasteiger partial charge in [0.25, 0.3) is 0 Å². The topological polar surface area (TPSA) is 70.8 Å². The fourth-order valence-electron chi connectivity index (χ4n) is 2.31. The van der Waals surface area contributed by atoms with E-state index in [1.54, 1.807) is 0 Å². The first-order valence-electron chi connectivity index (χ1n) is 6.97. The van der Waals surface area contributed by atoms with Gasteiger partial charge in [0.1, 0.15) is 11.8 Å². The van der Waals surface area contributed by atoms with Gasteiger partial charge in [0.2, 0.25) is 0 Å². The van der Waals surface area contributed by atoms with Gasteiger partial charge in [-0.1, -0.05) is 26.2 Å². The van der Waals surface area contributed by atoms with Crippen molar-refractivity contribution in [2.24, 2.45) is 0 Å². The second-order valence-electron chi connectivity index (χ2n) is 5.09. The van der Waals surface area contributed by atoms with Crippen molar-refractivity contribution >= 4 is 16.9 Å². The van der Waals surface area contributed by atoms with Crippen molar-refractivity contribution in [1.29, 1.82) is 0 Å². The van der Waals surface area contributed by atoms with E-state index in [1.807, 2.05) is 6.20 Å². The van der Waals surface area contributed by atoms with E-state index in [2.05, 4.69) is 33.8 Å². The number of anilines is 1. The fraction of sp³-hybridized carbons (Fsp3) is 0.571. The lowest BCUT2D eigenvalue weighted by molar-refractivity contribution is 0.318. The van der Waals surface area contributed by atoms with Gasteiger partial charge in [0.15, 0.2) is 5.82 Å². The molecule has 0 bridgehead atoms. The second kappa shape index (κ2) is 6.52. The molecule has 0 atom stereocenters. The lowest BCUT2D eigenvalue weighted by Crippen LogP contribution is -2.19. The molecule has 2 aromatic heterocycles. The van der Waals surface area contributed by atoms with Crippen LogP contribution in [0.1, 0.15) is 38.2 Å².